The topological polar surface area (TPSA) is 61.9 Å². The number of carbonyl (C=O) groups is 1. The standard InChI is InChI=1S/C19H25FN4O/c1-13-11-19(8-9-23(13)12-14-4-2-5-14)17(21)22-18(25)24(19)16-7-3-6-15(20)10-16/h3,6-7,10,13-14H,2,4-5,8-9,11-12H2,1H3,(H2,21,22,25)/t13-,19+/m0/s1. The maximum atomic E-state index is 13.7. The third-order valence-electron chi connectivity index (χ3n) is 6.17. The Bertz CT molecular complexity index is 717. The van der Waals surface area contributed by atoms with Gasteiger partial charge in [-0.3, -0.25) is 4.90 Å². The van der Waals surface area contributed by atoms with Crippen LogP contribution >= 0.6 is 0 Å². The van der Waals surface area contributed by atoms with Crippen LogP contribution in [0.3, 0.4) is 0 Å². The van der Waals surface area contributed by atoms with Crippen LogP contribution in [0.1, 0.15) is 39.0 Å². The summed E-state index contributed by atoms with van der Waals surface area (Å²) in [5.74, 6) is 0.824. The van der Waals surface area contributed by atoms with Gasteiger partial charge >= 0.3 is 6.03 Å². The van der Waals surface area contributed by atoms with Crippen LogP contribution in [-0.4, -0.2) is 41.4 Å². The number of anilines is 1. The second-order valence-corrected chi connectivity index (χ2v) is 7.72. The Hall–Kier alpha value is -1.95. The lowest BCUT2D eigenvalue weighted by Crippen LogP contribution is -2.62. The van der Waals surface area contributed by atoms with E-state index in [2.05, 4.69) is 16.8 Å². The number of amides is 2. The number of aliphatic imine (C=N–C) groups is 1. The lowest BCUT2D eigenvalue weighted by molar-refractivity contribution is 0.0905. The summed E-state index contributed by atoms with van der Waals surface area (Å²) in [7, 11) is 0. The number of urea groups is 1. The van der Waals surface area contributed by atoms with E-state index in [0.29, 0.717) is 17.6 Å². The van der Waals surface area contributed by atoms with Gasteiger partial charge in [0.2, 0.25) is 0 Å². The van der Waals surface area contributed by atoms with E-state index in [1.807, 2.05) is 0 Å². The minimum atomic E-state index is -0.625. The second kappa shape index (κ2) is 6.09. The molecule has 0 unspecified atom stereocenters. The van der Waals surface area contributed by atoms with Gasteiger partial charge in [0.05, 0.1) is 0 Å². The lowest BCUT2D eigenvalue weighted by atomic mass is 9.79. The number of rotatable bonds is 3. The Morgan fingerprint density at radius 3 is 2.84 bits per heavy atom. The van der Waals surface area contributed by atoms with Gasteiger partial charge in [-0.1, -0.05) is 12.5 Å². The van der Waals surface area contributed by atoms with Crippen molar-refractivity contribution < 1.29 is 9.18 Å². The predicted octanol–water partition coefficient (Wildman–Crippen LogP) is 3.15. The van der Waals surface area contributed by atoms with E-state index in [9.17, 15) is 9.18 Å². The molecule has 2 N–H and O–H groups in total. The van der Waals surface area contributed by atoms with E-state index in [0.717, 1.165) is 31.8 Å². The molecule has 1 aliphatic carbocycles. The van der Waals surface area contributed by atoms with Crippen LogP contribution in [0.5, 0.6) is 0 Å². The summed E-state index contributed by atoms with van der Waals surface area (Å²) >= 11 is 0. The van der Waals surface area contributed by atoms with Crippen molar-refractivity contribution in [2.45, 2.75) is 50.6 Å². The van der Waals surface area contributed by atoms with Gasteiger partial charge in [0.15, 0.2) is 0 Å². The van der Waals surface area contributed by atoms with Gasteiger partial charge in [-0.2, -0.15) is 4.99 Å². The largest absolute Gasteiger partial charge is 0.385 e. The van der Waals surface area contributed by atoms with Crippen LogP contribution in [0.25, 0.3) is 0 Å². The summed E-state index contributed by atoms with van der Waals surface area (Å²) < 4.78 is 13.7. The number of nitrogens with two attached hydrogens (primary N) is 1. The van der Waals surface area contributed by atoms with Crippen LogP contribution in [0.2, 0.25) is 0 Å². The zero-order chi connectivity index (χ0) is 17.6. The van der Waals surface area contributed by atoms with Crippen molar-refractivity contribution in [2.75, 3.05) is 18.0 Å². The highest BCUT2D eigenvalue weighted by atomic mass is 19.1. The molecular weight excluding hydrogens is 319 g/mol. The molecule has 1 saturated heterocycles. The van der Waals surface area contributed by atoms with Crippen molar-refractivity contribution >= 4 is 17.6 Å². The van der Waals surface area contributed by atoms with Gasteiger partial charge in [-0.15, -0.1) is 0 Å². The van der Waals surface area contributed by atoms with Crippen LogP contribution in [-0.2, 0) is 0 Å². The maximum absolute atomic E-state index is 13.7. The predicted molar refractivity (Wildman–Crippen MR) is 96.2 cm³/mol. The number of hydrogen-bond acceptors (Lipinski definition) is 3. The van der Waals surface area contributed by atoms with Crippen molar-refractivity contribution in [2.24, 2.45) is 16.6 Å². The normalized spacial score (nSPS) is 30.6. The van der Waals surface area contributed by atoms with Gasteiger partial charge < -0.3 is 10.6 Å². The molecule has 1 aromatic rings. The summed E-state index contributed by atoms with van der Waals surface area (Å²) in [6, 6.07) is 6.06. The molecule has 4 rings (SSSR count). The summed E-state index contributed by atoms with van der Waals surface area (Å²) in [6.45, 7) is 4.20. The quantitative estimate of drug-likeness (QED) is 0.916. The lowest BCUT2D eigenvalue weighted by Gasteiger charge is -2.48. The van der Waals surface area contributed by atoms with Crippen molar-refractivity contribution in [1.82, 2.24) is 4.90 Å². The minimum absolute atomic E-state index is 0.310. The number of amidine groups is 1. The SMILES string of the molecule is C[C@H]1C[C@]2(CCN1CC1CCC1)C(N)=NC(=O)N2c1cccc(F)c1. The molecule has 5 nitrogen and oxygen atoms in total. The van der Waals surface area contributed by atoms with E-state index >= 15 is 0 Å². The number of hydrogen-bond donors (Lipinski definition) is 1. The first-order valence-electron chi connectivity index (χ1n) is 9.18. The molecule has 2 atom stereocenters. The third-order valence-corrected chi connectivity index (χ3v) is 6.17. The molecular formula is C19H25FN4O. The molecule has 1 saturated carbocycles. The number of piperidine rings is 1. The zero-order valence-electron chi connectivity index (χ0n) is 14.6. The Morgan fingerprint density at radius 2 is 2.20 bits per heavy atom. The third kappa shape index (κ3) is 2.72. The molecule has 1 aromatic carbocycles. The van der Waals surface area contributed by atoms with E-state index < -0.39 is 5.54 Å². The van der Waals surface area contributed by atoms with Gasteiger partial charge in [0.1, 0.15) is 17.2 Å². The molecule has 2 heterocycles. The highest BCUT2D eigenvalue weighted by Crippen LogP contribution is 2.41. The van der Waals surface area contributed by atoms with E-state index in [1.54, 1.807) is 17.0 Å². The first-order chi connectivity index (χ1) is 12.0. The molecule has 0 aromatic heterocycles. The van der Waals surface area contributed by atoms with E-state index in [1.165, 1.54) is 31.4 Å². The molecule has 0 bridgehead atoms. The number of nitrogens with zero attached hydrogens (tertiary/aromatic N) is 3. The van der Waals surface area contributed by atoms with E-state index in [4.69, 9.17) is 5.73 Å². The maximum Gasteiger partial charge on any atom is 0.350 e. The molecule has 6 heteroatoms. The van der Waals surface area contributed by atoms with Crippen molar-refractivity contribution in [3.05, 3.63) is 30.1 Å². The summed E-state index contributed by atoms with van der Waals surface area (Å²) in [5, 5.41) is 0. The molecule has 1 spiro atoms. The smallest absolute Gasteiger partial charge is 0.350 e. The van der Waals surface area contributed by atoms with Crippen LogP contribution in [0.4, 0.5) is 14.9 Å². The molecule has 2 amide bonds. The van der Waals surface area contributed by atoms with Crippen molar-refractivity contribution in [1.29, 1.82) is 0 Å². The average molecular weight is 344 g/mol. The number of carbonyl (C=O) groups excluding carboxylic acids is 1. The van der Waals surface area contributed by atoms with Gasteiger partial charge in [-0.25, -0.2) is 9.18 Å². The second-order valence-electron chi connectivity index (χ2n) is 7.72. The Balaban J connectivity index is 1.60. The number of halogens is 1. The minimum Gasteiger partial charge on any atom is -0.385 e. The Kier molecular flexibility index (Phi) is 4.02. The molecule has 134 valence electrons. The summed E-state index contributed by atoms with van der Waals surface area (Å²) in [4.78, 5) is 20.7. The molecule has 25 heavy (non-hydrogen) atoms. The monoisotopic (exact) mass is 344 g/mol. The molecule has 3 aliphatic rings. The molecule has 0 radical (unpaired) electrons. The molecule has 2 fully saturated rings. The van der Waals surface area contributed by atoms with Crippen molar-refractivity contribution in [3.8, 4) is 0 Å². The Labute approximate surface area is 147 Å². The van der Waals surface area contributed by atoms with Crippen LogP contribution < -0.4 is 10.6 Å². The first kappa shape index (κ1) is 16.5. The van der Waals surface area contributed by atoms with E-state index in [-0.39, 0.29) is 11.8 Å². The van der Waals surface area contributed by atoms with Crippen molar-refractivity contribution in [3.63, 3.8) is 0 Å². The first-order valence-corrected chi connectivity index (χ1v) is 9.18. The molecule has 2 aliphatic heterocycles. The van der Waals surface area contributed by atoms with Crippen LogP contribution in [0.15, 0.2) is 29.3 Å². The average Bonchev–Trinajstić information content (AvgIpc) is 2.75. The fraction of sp³-hybridized carbons (Fsp3) is 0.579. The number of likely N-dealkylation sites (tertiary alicyclic amines) is 1. The van der Waals surface area contributed by atoms with Gasteiger partial charge in [0, 0.05) is 24.8 Å². The highest BCUT2D eigenvalue weighted by molar-refractivity contribution is 6.15. The van der Waals surface area contributed by atoms with Gasteiger partial charge in [0.25, 0.3) is 0 Å². The highest BCUT2D eigenvalue weighted by Gasteiger charge is 2.52. The summed E-state index contributed by atoms with van der Waals surface area (Å²) in [6.07, 6.45) is 5.47. The van der Waals surface area contributed by atoms with Gasteiger partial charge in [-0.05, 0) is 56.7 Å². The summed E-state index contributed by atoms with van der Waals surface area (Å²) in [5.41, 5.74) is 6.13. The number of benzene rings is 1. The fourth-order valence-corrected chi connectivity index (χ4v) is 4.51. The Morgan fingerprint density at radius 1 is 1.40 bits per heavy atom. The van der Waals surface area contributed by atoms with Crippen LogP contribution in [0, 0.1) is 11.7 Å². The zero-order valence-corrected chi connectivity index (χ0v) is 14.6. The fourth-order valence-electron chi connectivity index (χ4n) is 4.51.